The van der Waals surface area contributed by atoms with E-state index >= 15 is 0 Å². The number of benzene rings is 2. The molecule has 1 atom stereocenters. The number of carbonyl (C=O) groups excluding carboxylic acids is 1. The summed E-state index contributed by atoms with van der Waals surface area (Å²) in [6, 6.07) is 13.6. The average Bonchev–Trinajstić information content (AvgIpc) is 2.67. The highest BCUT2D eigenvalue weighted by atomic mass is 32.2. The van der Waals surface area contributed by atoms with Crippen molar-refractivity contribution in [1.82, 2.24) is 5.32 Å². The summed E-state index contributed by atoms with van der Waals surface area (Å²) in [6.45, 7) is 1.94. The molecule has 8 heteroatoms. The van der Waals surface area contributed by atoms with Crippen LogP contribution in [0.25, 0.3) is 0 Å². The molecule has 0 spiro atoms. The molecule has 0 saturated heterocycles. The first-order valence-corrected chi connectivity index (χ1v) is 10.7. The second-order valence-corrected chi connectivity index (χ2v) is 8.16. The van der Waals surface area contributed by atoms with Crippen LogP contribution in [0.15, 0.2) is 48.5 Å². The number of carbonyl (C=O) groups is 1. The maximum absolute atomic E-state index is 12.7. The summed E-state index contributed by atoms with van der Waals surface area (Å²) >= 11 is 0. The Labute approximate surface area is 166 Å². The highest BCUT2D eigenvalue weighted by Crippen LogP contribution is 2.35. The topological polar surface area (TPSA) is 84.9 Å². The van der Waals surface area contributed by atoms with E-state index in [2.05, 4.69) is 5.32 Å². The molecule has 0 fully saturated rings. The van der Waals surface area contributed by atoms with Gasteiger partial charge >= 0.3 is 0 Å². The zero-order valence-corrected chi connectivity index (χ0v) is 17.3. The van der Waals surface area contributed by atoms with Gasteiger partial charge in [0.1, 0.15) is 17.5 Å². The minimum Gasteiger partial charge on any atom is -0.497 e. The van der Waals surface area contributed by atoms with Gasteiger partial charge in [-0.1, -0.05) is 30.3 Å². The molecule has 1 N–H and O–H groups in total. The number of sulfonamides is 1. The third kappa shape index (κ3) is 5.39. The van der Waals surface area contributed by atoms with Crippen LogP contribution in [0.2, 0.25) is 0 Å². The largest absolute Gasteiger partial charge is 0.497 e. The fraction of sp³-hybridized carbons (Fsp3) is 0.350. The summed E-state index contributed by atoms with van der Waals surface area (Å²) in [7, 11) is -0.837. The maximum Gasteiger partial charge on any atom is 0.243 e. The monoisotopic (exact) mass is 406 g/mol. The van der Waals surface area contributed by atoms with Crippen LogP contribution in [0.1, 0.15) is 12.5 Å². The van der Waals surface area contributed by atoms with Crippen molar-refractivity contribution in [3.8, 4) is 11.5 Å². The number of hydrogen-bond donors (Lipinski definition) is 1. The summed E-state index contributed by atoms with van der Waals surface area (Å²) in [4.78, 5) is 12.7. The molecule has 0 aromatic heterocycles. The van der Waals surface area contributed by atoms with Gasteiger partial charge in [0.05, 0.1) is 26.2 Å². The molecule has 0 aliphatic carbocycles. The summed E-state index contributed by atoms with van der Waals surface area (Å²) in [5.41, 5.74) is 1.33. The van der Waals surface area contributed by atoms with Crippen LogP contribution >= 0.6 is 0 Å². The lowest BCUT2D eigenvalue weighted by Gasteiger charge is -2.29. The Kier molecular flexibility index (Phi) is 7.28. The molecule has 0 saturated carbocycles. The fourth-order valence-electron chi connectivity index (χ4n) is 2.87. The summed E-state index contributed by atoms with van der Waals surface area (Å²) in [6.07, 6.45) is 1.71. The van der Waals surface area contributed by atoms with E-state index < -0.39 is 22.0 Å². The Morgan fingerprint density at radius 2 is 1.79 bits per heavy atom. The van der Waals surface area contributed by atoms with E-state index in [-0.39, 0.29) is 5.69 Å². The van der Waals surface area contributed by atoms with Crippen molar-refractivity contribution >= 4 is 21.6 Å². The Morgan fingerprint density at radius 3 is 2.36 bits per heavy atom. The fourth-order valence-corrected chi connectivity index (χ4v) is 4.04. The molecule has 2 aromatic rings. The van der Waals surface area contributed by atoms with Gasteiger partial charge in [-0.25, -0.2) is 8.42 Å². The smallest absolute Gasteiger partial charge is 0.243 e. The lowest BCUT2D eigenvalue weighted by atomic mass is 10.1. The van der Waals surface area contributed by atoms with E-state index in [1.807, 2.05) is 30.3 Å². The predicted molar refractivity (Wildman–Crippen MR) is 109 cm³/mol. The molecule has 0 radical (unpaired) electrons. The molecule has 0 aliphatic rings. The lowest BCUT2D eigenvalue weighted by Crippen LogP contribution is -2.48. The Hall–Kier alpha value is -2.74. The minimum absolute atomic E-state index is 0.245. The molecule has 0 heterocycles. The number of anilines is 1. The third-order valence-electron chi connectivity index (χ3n) is 4.27. The van der Waals surface area contributed by atoms with Crippen LogP contribution < -0.4 is 19.1 Å². The van der Waals surface area contributed by atoms with Gasteiger partial charge in [-0.3, -0.25) is 9.10 Å². The second-order valence-electron chi connectivity index (χ2n) is 6.30. The number of nitrogens with zero attached hydrogens (tertiary/aromatic N) is 1. The molecule has 7 nitrogen and oxygen atoms in total. The molecular formula is C20H26N2O5S. The van der Waals surface area contributed by atoms with E-state index in [1.54, 1.807) is 12.1 Å². The van der Waals surface area contributed by atoms with Crippen molar-refractivity contribution in [3.05, 3.63) is 54.1 Å². The van der Waals surface area contributed by atoms with Crippen molar-refractivity contribution < 1.29 is 22.7 Å². The Morgan fingerprint density at radius 1 is 1.11 bits per heavy atom. The Bertz CT molecular complexity index is 900. The van der Waals surface area contributed by atoms with Crippen molar-refractivity contribution in [3.63, 3.8) is 0 Å². The van der Waals surface area contributed by atoms with Crippen LogP contribution in [-0.4, -0.2) is 47.4 Å². The van der Waals surface area contributed by atoms with Crippen molar-refractivity contribution in [2.45, 2.75) is 19.4 Å². The first kappa shape index (κ1) is 21.6. The molecule has 28 heavy (non-hydrogen) atoms. The zero-order valence-electron chi connectivity index (χ0n) is 16.5. The van der Waals surface area contributed by atoms with Gasteiger partial charge in [0.15, 0.2) is 0 Å². The highest BCUT2D eigenvalue weighted by molar-refractivity contribution is 7.92. The molecule has 0 bridgehead atoms. The third-order valence-corrected chi connectivity index (χ3v) is 5.50. The molecule has 2 rings (SSSR count). The van der Waals surface area contributed by atoms with Gasteiger partial charge in [0.2, 0.25) is 15.9 Å². The number of methoxy groups -OCH3 is 2. The molecule has 1 amide bonds. The maximum atomic E-state index is 12.7. The average molecular weight is 407 g/mol. The Balaban J connectivity index is 2.22. The van der Waals surface area contributed by atoms with E-state index in [9.17, 15) is 13.2 Å². The summed E-state index contributed by atoms with van der Waals surface area (Å²) < 4.78 is 36.5. The van der Waals surface area contributed by atoms with Gasteiger partial charge in [-0.05, 0) is 31.0 Å². The number of rotatable bonds is 9. The zero-order chi connectivity index (χ0) is 20.7. The number of ether oxygens (including phenoxy) is 2. The van der Waals surface area contributed by atoms with Crippen molar-refractivity contribution in [2.75, 3.05) is 31.3 Å². The number of nitrogens with one attached hydrogen (secondary N) is 1. The first-order chi connectivity index (χ1) is 13.3. The van der Waals surface area contributed by atoms with E-state index in [0.29, 0.717) is 24.5 Å². The first-order valence-electron chi connectivity index (χ1n) is 8.81. The highest BCUT2D eigenvalue weighted by Gasteiger charge is 2.31. The van der Waals surface area contributed by atoms with Gasteiger partial charge in [-0.15, -0.1) is 0 Å². The summed E-state index contributed by atoms with van der Waals surface area (Å²) in [5, 5.41) is 2.80. The van der Waals surface area contributed by atoms with Gasteiger partial charge in [0.25, 0.3) is 0 Å². The minimum atomic E-state index is -3.76. The lowest BCUT2D eigenvalue weighted by molar-refractivity contribution is -0.121. The van der Waals surface area contributed by atoms with E-state index in [0.717, 1.165) is 16.1 Å². The quantitative estimate of drug-likeness (QED) is 0.690. The molecule has 1 unspecified atom stereocenters. The SMILES string of the molecule is COc1ccc(OC)c(N(C(C)C(=O)NCCc2ccccc2)S(C)(=O)=O)c1. The van der Waals surface area contributed by atoms with Gasteiger partial charge in [-0.2, -0.15) is 0 Å². The van der Waals surface area contributed by atoms with Crippen LogP contribution in [0, 0.1) is 0 Å². The molecule has 2 aromatic carbocycles. The van der Waals surface area contributed by atoms with Crippen LogP contribution in [-0.2, 0) is 21.2 Å². The molecule has 0 aliphatic heterocycles. The van der Waals surface area contributed by atoms with E-state index in [4.69, 9.17) is 9.47 Å². The van der Waals surface area contributed by atoms with E-state index in [1.165, 1.54) is 27.2 Å². The van der Waals surface area contributed by atoms with Gasteiger partial charge < -0.3 is 14.8 Å². The predicted octanol–water partition coefficient (Wildman–Crippen LogP) is 2.22. The van der Waals surface area contributed by atoms with Crippen molar-refractivity contribution in [1.29, 1.82) is 0 Å². The van der Waals surface area contributed by atoms with Crippen LogP contribution in [0.4, 0.5) is 5.69 Å². The normalized spacial score (nSPS) is 12.1. The number of amides is 1. The summed E-state index contributed by atoms with van der Waals surface area (Å²) in [5.74, 6) is 0.391. The standard InChI is InChI=1S/C20H26N2O5S/c1-15(20(23)21-13-12-16-8-6-5-7-9-16)22(28(4,24)25)18-14-17(26-2)10-11-19(18)27-3/h5-11,14-15H,12-13H2,1-4H3,(H,21,23). The number of hydrogen-bond acceptors (Lipinski definition) is 5. The van der Waals surface area contributed by atoms with Crippen molar-refractivity contribution in [2.24, 2.45) is 0 Å². The molecular weight excluding hydrogens is 380 g/mol. The van der Waals surface area contributed by atoms with Crippen LogP contribution in [0.5, 0.6) is 11.5 Å². The molecule has 152 valence electrons. The second kappa shape index (κ2) is 9.45. The van der Waals surface area contributed by atoms with Gasteiger partial charge in [0, 0.05) is 12.6 Å². The van der Waals surface area contributed by atoms with Crippen LogP contribution in [0.3, 0.4) is 0 Å².